The third kappa shape index (κ3) is 13.6. The molecule has 388 valence electrons. The predicted molar refractivity (Wildman–Crippen MR) is 274 cm³/mol. The first kappa shape index (κ1) is 53.4. The first-order chi connectivity index (χ1) is 34.7. The van der Waals surface area contributed by atoms with Crippen molar-refractivity contribution in [3.05, 3.63) is 84.5 Å². The van der Waals surface area contributed by atoms with E-state index >= 15 is 0 Å². The largest absolute Gasteiger partial charge is 0.351 e. The minimum absolute atomic E-state index is 0.0499. The van der Waals surface area contributed by atoms with Crippen LogP contribution in [0.15, 0.2) is 84.5 Å². The summed E-state index contributed by atoms with van der Waals surface area (Å²) in [6, 6.07) is 12.1. The molecule has 2 saturated carbocycles. The fourth-order valence-corrected chi connectivity index (χ4v) is 10.8. The molecule has 3 aliphatic carbocycles. The molecule has 0 aromatic heterocycles. The van der Waals surface area contributed by atoms with Crippen LogP contribution in [-0.2, 0) is 38.4 Å². The lowest BCUT2D eigenvalue weighted by atomic mass is 9.83. The van der Waals surface area contributed by atoms with Gasteiger partial charge in [0.15, 0.2) is 0 Å². The van der Waals surface area contributed by atoms with Crippen molar-refractivity contribution in [2.75, 3.05) is 37.8 Å². The van der Waals surface area contributed by atoms with E-state index in [-0.39, 0.29) is 73.7 Å². The normalized spacial score (nSPS) is 24.2. The van der Waals surface area contributed by atoms with Gasteiger partial charge in [-0.25, -0.2) is 0 Å². The second-order valence-corrected chi connectivity index (χ2v) is 20.2. The van der Waals surface area contributed by atoms with Crippen molar-refractivity contribution >= 4 is 58.6 Å². The summed E-state index contributed by atoms with van der Waals surface area (Å²) < 4.78 is 0. The number of hydrogen-bond donors (Lipinski definition) is 8. The Labute approximate surface area is 423 Å². The van der Waals surface area contributed by atoms with E-state index < -0.39 is 72.0 Å². The van der Waals surface area contributed by atoms with E-state index in [9.17, 15) is 38.4 Å². The molecule has 2 aromatic rings. The standard InChI is InChI=1S/C54H74N10O8/c1-33(55-3)47(65)61-45(35-17-9-5-10-18-35)53(71)63-31-41(29-43(63)51(69)57-39-21-13-7-14-22-39)59-49(67)37-25-27-38(28-26-37)50(68)60-42-30-44(52(70)58-40-23-15-8-16-24-40)64(32-42)54(72)46(36-19-11-6-12-20-36)62-48(66)34(2)56-4/h7-8,13-16,21-27,33-36,38,41-46,55-56H,5-6,9-12,17-20,28-32H2,1-4H3,(H,57,69)(H,58,70)(H,59,67)(H,60,68)(H,61,65)(H,62,66)/t33-,34-,38?,41-,42-,43-,44-,45-,46-/m0/s1. The number of benzene rings is 2. The fraction of sp³-hybridized carbons (Fsp3) is 0.556. The van der Waals surface area contributed by atoms with Crippen molar-refractivity contribution in [3.63, 3.8) is 0 Å². The lowest BCUT2D eigenvalue weighted by Crippen LogP contribution is -2.57. The van der Waals surface area contributed by atoms with E-state index in [2.05, 4.69) is 42.5 Å². The van der Waals surface area contributed by atoms with E-state index in [0.29, 0.717) is 16.9 Å². The molecule has 0 radical (unpaired) electrons. The molecule has 18 nitrogen and oxygen atoms in total. The van der Waals surface area contributed by atoms with Crippen LogP contribution in [0.2, 0.25) is 0 Å². The average molecular weight is 991 g/mol. The van der Waals surface area contributed by atoms with Crippen LogP contribution >= 0.6 is 0 Å². The monoisotopic (exact) mass is 991 g/mol. The number of amides is 8. The number of nitrogens with zero attached hydrogens (tertiary/aromatic N) is 2. The summed E-state index contributed by atoms with van der Waals surface area (Å²) in [4.78, 5) is 115. The van der Waals surface area contributed by atoms with Crippen LogP contribution in [0.4, 0.5) is 11.4 Å². The molecule has 7 rings (SSSR count). The van der Waals surface area contributed by atoms with Gasteiger partial charge in [0, 0.05) is 42.1 Å². The topological polar surface area (TPSA) is 239 Å². The number of likely N-dealkylation sites (N-methyl/N-ethyl adjacent to an activating group) is 2. The van der Waals surface area contributed by atoms with Gasteiger partial charge < -0.3 is 52.3 Å². The number of likely N-dealkylation sites (tertiary alicyclic amines) is 2. The lowest BCUT2D eigenvalue weighted by Gasteiger charge is -2.35. The van der Waals surface area contributed by atoms with Crippen LogP contribution in [0.1, 0.15) is 97.3 Å². The van der Waals surface area contributed by atoms with Crippen LogP contribution < -0.4 is 42.5 Å². The van der Waals surface area contributed by atoms with Crippen molar-refractivity contribution in [3.8, 4) is 0 Å². The zero-order valence-corrected chi connectivity index (χ0v) is 42.1. The van der Waals surface area contributed by atoms with Gasteiger partial charge >= 0.3 is 0 Å². The second-order valence-electron chi connectivity index (χ2n) is 20.2. The molecule has 2 aromatic carbocycles. The molecule has 8 N–H and O–H groups in total. The van der Waals surface area contributed by atoms with E-state index in [1.54, 1.807) is 94.7 Å². The Bertz CT molecular complexity index is 2320. The Morgan fingerprint density at radius 1 is 0.556 bits per heavy atom. The van der Waals surface area contributed by atoms with Crippen molar-refractivity contribution in [1.29, 1.82) is 0 Å². The maximum absolute atomic E-state index is 14.6. The van der Waals surface area contributed by atoms with Crippen LogP contribution in [-0.4, -0.2) is 133 Å². The van der Waals surface area contributed by atoms with E-state index in [1.165, 1.54) is 9.80 Å². The molecular formula is C54H74N10O8. The van der Waals surface area contributed by atoms with Gasteiger partial charge in [0.25, 0.3) is 5.91 Å². The highest BCUT2D eigenvalue weighted by molar-refractivity contribution is 6.01. The Kier molecular flexibility index (Phi) is 18.8. The molecule has 2 aliphatic heterocycles. The van der Waals surface area contributed by atoms with Gasteiger partial charge in [0.1, 0.15) is 24.2 Å². The Morgan fingerprint density at radius 3 is 1.39 bits per heavy atom. The van der Waals surface area contributed by atoms with E-state index in [4.69, 9.17) is 0 Å². The molecule has 2 saturated heterocycles. The van der Waals surface area contributed by atoms with E-state index in [1.807, 2.05) is 12.1 Å². The molecule has 1 unspecified atom stereocenters. The number of rotatable bonds is 18. The molecular weight excluding hydrogens is 917 g/mol. The molecule has 18 heteroatoms. The highest BCUT2D eigenvalue weighted by Crippen LogP contribution is 2.32. The highest BCUT2D eigenvalue weighted by Gasteiger charge is 2.47. The number of para-hydroxylation sites is 2. The first-order valence-electron chi connectivity index (χ1n) is 26.0. The van der Waals surface area contributed by atoms with Gasteiger partial charge in [-0.15, -0.1) is 0 Å². The third-order valence-electron chi connectivity index (χ3n) is 15.3. The minimum Gasteiger partial charge on any atom is -0.351 e. The Balaban J connectivity index is 1.01. The molecule has 0 bridgehead atoms. The molecule has 9 atom stereocenters. The van der Waals surface area contributed by atoms with Gasteiger partial charge in [0.05, 0.1) is 18.0 Å². The van der Waals surface area contributed by atoms with Crippen molar-refractivity contribution in [2.24, 2.45) is 17.8 Å². The maximum Gasteiger partial charge on any atom is 0.251 e. The zero-order valence-electron chi connectivity index (χ0n) is 42.1. The molecule has 5 aliphatic rings. The average Bonchev–Trinajstić information content (AvgIpc) is 4.04. The summed E-state index contributed by atoms with van der Waals surface area (Å²) in [5.74, 6) is -3.73. The maximum atomic E-state index is 14.6. The van der Waals surface area contributed by atoms with Crippen LogP contribution in [0.3, 0.4) is 0 Å². The van der Waals surface area contributed by atoms with Crippen molar-refractivity contribution in [1.82, 2.24) is 41.7 Å². The number of allylic oxidation sites excluding steroid dienone is 1. The fourth-order valence-electron chi connectivity index (χ4n) is 10.8. The lowest BCUT2D eigenvalue weighted by molar-refractivity contribution is -0.142. The minimum atomic E-state index is -0.929. The summed E-state index contributed by atoms with van der Waals surface area (Å²) in [5, 5.41) is 23.9. The predicted octanol–water partition coefficient (Wildman–Crippen LogP) is 3.28. The first-order valence-corrected chi connectivity index (χ1v) is 26.0. The van der Waals surface area contributed by atoms with Crippen LogP contribution in [0, 0.1) is 17.8 Å². The quantitative estimate of drug-likeness (QED) is 0.109. The molecule has 4 fully saturated rings. The Hall–Kier alpha value is -6.40. The number of anilines is 2. The summed E-state index contributed by atoms with van der Waals surface area (Å²) in [5.41, 5.74) is 1.45. The molecule has 0 spiro atoms. The SMILES string of the molecule is CN[C@@H](C)C(=O)N[C@H](C(=O)N1C[C@@H](NC(=O)C2=CCC(C(=O)N[C@H]3C[C@@H](C(=O)Nc4ccccc4)N(C(=O)[C@@H](NC(=O)[C@H](C)NC)C4CCCCC4)C3)C=C2)C[C@H]1C(=O)Nc1ccccc1)C1CCCCC1. The van der Waals surface area contributed by atoms with Gasteiger partial charge in [-0.3, -0.25) is 38.4 Å². The molecule has 2 heterocycles. The second kappa shape index (κ2) is 25.3. The zero-order chi connectivity index (χ0) is 51.3. The van der Waals surface area contributed by atoms with Gasteiger partial charge in [-0.1, -0.05) is 93.2 Å². The van der Waals surface area contributed by atoms with Crippen molar-refractivity contribution < 1.29 is 38.4 Å². The molecule has 8 amide bonds. The number of carbonyl (C=O) groups excluding carboxylic acids is 8. The Morgan fingerprint density at radius 2 is 0.986 bits per heavy atom. The van der Waals surface area contributed by atoms with Gasteiger partial charge in [0.2, 0.25) is 41.4 Å². The number of hydrogen-bond acceptors (Lipinski definition) is 10. The van der Waals surface area contributed by atoms with Gasteiger partial charge in [-0.2, -0.15) is 0 Å². The third-order valence-corrected chi connectivity index (χ3v) is 15.3. The summed E-state index contributed by atoms with van der Waals surface area (Å²) in [6.07, 6.45) is 14.3. The smallest absolute Gasteiger partial charge is 0.251 e. The molecule has 72 heavy (non-hydrogen) atoms. The van der Waals surface area contributed by atoms with E-state index in [0.717, 1.165) is 64.2 Å². The van der Waals surface area contributed by atoms with Crippen LogP contribution in [0.25, 0.3) is 0 Å². The van der Waals surface area contributed by atoms with Gasteiger partial charge in [-0.05, 0) is 109 Å². The number of carbonyl (C=O) groups is 8. The van der Waals surface area contributed by atoms with Crippen LogP contribution in [0.5, 0.6) is 0 Å². The summed E-state index contributed by atoms with van der Waals surface area (Å²) >= 11 is 0. The summed E-state index contributed by atoms with van der Waals surface area (Å²) in [7, 11) is 3.35. The highest BCUT2D eigenvalue weighted by atomic mass is 16.2. The number of nitrogens with one attached hydrogen (secondary N) is 8. The summed E-state index contributed by atoms with van der Waals surface area (Å²) in [6.45, 7) is 3.56. The van der Waals surface area contributed by atoms with Crippen molar-refractivity contribution in [2.45, 2.75) is 146 Å².